The molecule has 0 N–H and O–H groups in total. The summed E-state index contributed by atoms with van der Waals surface area (Å²) in [6.45, 7) is 6.76. The number of ether oxygens (including phenoxy) is 1. The predicted octanol–water partition coefficient (Wildman–Crippen LogP) is 4.72. The third-order valence-corrected chi connectivity index (χ3v) is 6.58. The van der Waals surface area contributed by atoms with Crippen LogP contribution in [0.15, 0.2) is 54.6 Å². The molecule has 1 aliphatic heterocycles. The molecule has 2 aromatic carbocycles. The van der Waals surface area contributed by atoms with Crippen molar-refractivity contribution in [1.82, 2.24) is 19.8 Å². The van der Waals surface area contributed by atoms with Gasteiger partial charge >= 0.3 is 0 Å². The van der Waals surface area contributed by atoms with E-state index >= 15 is 0 Å². The lowest BCUT2D eigenvalue weighted by Crippen LogP contribution is -2.45. The molecule has 1 atom stereocenters. The second-order valence-corrected chi connectivity index (χ2v) is 9.69. The van der Waals surface area contributed by atoms with E-state index in [9.17, 15) is 4.79 Å². The first-order chi connectivity index (χ1) is 16.3. The number of likely N-dealkylation sites (tertiary alicyclic amines) is 1. The van der Waals surface area contributed by atoms with Crippen molar-refractivity contribution >= 4 is 5.91 Å². The van der Waals surface area contributed by atoms with Crippen molar-refractivity contribution in [3.63, 3.8) is 0 Å². The molecule has 0 radical (unpaired) electrons. The Bertz CT molecular complexity index is 1160. The van der Waals surface area contributed by atoms with Crippen LogP contribution in [-0.4, -0.2) is 60.0 Å². The summed E-state index contributed by atoms with van der Waals surface area (Å²) >= 11 is 0. The van der Waals surface area contributed by atoms with E-state index in [4.69, 9.17) is 14.7 Å². The number of nitrogens with zero attached hydrogens (tertiary/aromatic N) is 4. The molecule has 1 fully saturated rings. The Morgan fingerprint density at radius 1 is 1.09 bits per heavy atom. The first kappa shape index (κ1) is 23.9. The van der Waals surface area contributed by atoms with Crippen LogP contribution < -0.4 is 4.74 Å². The predicted molar refractivity (Wildman–Crippen MR) is 135 cm³/mol. The number of methoxy groups -OCH3 is 1. The Morgan fingerprint density at radius 3 is 2.56 bits per heavy atom. The summed E-state index contributed by atoms with van der Waals surface area (Å²) in [4.78, 5) is 26.1. The molecule has 6 heteroatoms. The lowest BCUT2D eigenvalue weighted by atomic mass is 9.80. The molecule has 1 aromatic heterocycles. The van der Waals surface area contributed by atoms with Gasteiger partial charge in [-0.15, -0.1) is 0 Å². The zero-order valence-electron chi connectivity index (χ0n) is 20.8. The van der Waals surface area contributed by atoms with Gasteiger partial charge in [0.25, 0.3) is 5.91 Å². The number of benzene rings is 2. The number of aromatic nitrogens is 2. The molecule has 0 spiro atoms. The van der Waals surface area contributed by atoms with E-state index in [1.54, 1.807) is 32.2 Å². The van der Waals surface area contributed by atoms with Gasteiger partial charge < -0.3 is 9.64 Å². The van der Waals surface area contributed by atoms with Crippen LogP contribution in [0.25, 0.3) is 11.1 Å². The van der Waals surface area contributed by atoms with Crippen molar-refractivity contribution < 1.29 is 9.53 Å². The Hall–Kier alpha value is -3.25. The molecule has 3 aromatic rings. The van der Waals surface area contributed by atoms with Crippen molar-refractivity contribution in [3.05, 3.63) is 77.4 Å². The van der Waals surface area contributed by atoms with E-state index in [0.29, 0.717) is 5.69 Å². The first-order valence-corrected chi connectivity index (χ1v) is 11.8. The number of piperidine rings is 1. The van der Waals surface area contributed by atoms with E-state index in [1.807, 2.05) is 13.0 Å². The summed E-state index contributed by atoms with van der Waals surface area (Å²) in [7, 11) is 5.23. The highest BCUT2D eigenvalue weighted by atomic mass is 16.5. The molecule has 0 unspecified atom stereocenters. The number of aryl methyl sites for hydroxylation is 1. The van der Waals surface area contributed by atoms with E-state index in [1.165, 1.54) is 16.7 Å². The third kappa shape index (κ3) is 5.12. The average Bonchev–Trinajstić information content (AvgIpc) is 2.83. The maximum atomic E-state index is 12.6. The fourth-order valence-electron chi connectivity index (χ4n) is 4.79. The quantitative estimate of drug-likeness (QED) is 0.535. The minimum Gasteiger partial charge on any atom is -0.496 e. The summed E-state index contributed by atoms with van der Waals surface area (Å²) in [5.74, 6) is 1.57. The number of rotatable bonds is 6. The topological polar surface area (TPSA) is 58.6 Å². The second-order valence-electron chi connectivity index (χ2n) is 9.69. The van der Waals surface area contributed by atoms with Crippen molar-refractivity contribution in [2.24, 2.45) is 0 Å². The number of amides is 1. The lowest BCUT2D eigenvalue weighted by Gasteiger charge is -2.39. The van der Waals surface area contributed by atoms with Crippen LogP contribution in [-0.2, 0) is 12.0 Å². The smallest absolute Gasteiger partial charge is 0.272 e. The normalized spacial score (nSPS) is 18.5. The van der Waals surface area contributed by atoms with E-state index in [0.717, 1.165) is 49.7 Å². The highest BCUT2D eigenvalue weighted by molar-refractivity contribution is 5.92. The fourth-order valence-corrected chi connectivity index (χ4v) is 4.79. The zero-order chi connectivity index (χ0) is 24.3. The molecule has 2 heterocycles. The Balaban J connectivity index is 1.60. The fraction of sp³-hybridized carbons (Fsp3) is 0.393. The summed E-state index contributed by atoms with van der Waals surface area (Å²) in [6.07, 6.45) is 2.04. The summed E-state index contributed by atoms with van der Waals surface area (Å²) in [5, 5.41) is 0. The van der Waals surface area contributed by atoms with Crippen LogP contribution >= 0.6 is 0 Å². The van der Waals surface area contributed by atoms with E-state index in [2.05, 4.69) is 54.3 Å². The summed E-state index contributed by atoms with van der Waals surface area (Å²) in [5.41, 5.74) is 4.61. The Labute approximate surface area is 202 Å². The van der Waals surface area contributed by atoms with E-state index < -0.39 is 0 Å². The lowest BCUT2D eigenvalue weighted by molar-refractivity contribution is 0.0820. The molecule has 178 valence electrons. The van der Waals surface area contributed by atoms with Crippen LogP contribution in [0.1, 0.15) is 47.3 Å². The summed E-state index contributed by atoms with van der Waals surface area (Å²) in [6, 6.07) is 18.6. The molecule has 4 rings (SSSR count). The van der Waals surface area contributed by atoms with Crippen LogP contribution in [0.4, 0.5) is 0 Å². The van der Waals surface area contributed by atoms with Gasteiger partial charge in [-0.1, -0.05) is 43.3 Å². The van der Waals surface area contributed by atoms with Crippen LogP contribution in [0, 0.1) is 6.92 Å². The minimum atomic E-state index is -0.226. The van der Waals surface area contributed by atoms with Crippen molar-refractivity contribution in [3.8, 4) is 16.9 Å². The highest BCUT2D eigenvalue weighted by Gasteiger charge is 2.36. The van der Waals surface area contributed by atoms with Gasteiger partial charge in [-0.05, 0) is 55.6 Å². The Kier molecular flexibility index (Phi) is 6.98. The minimum absolute atomic E-state index is 0.0921. The highest BCUT2D eigenvalue weighted by Crippen LogP contribution is 2.34. The molecule has 34 heavy (non-hydrogen) atoms. The van der Waals surface area contributed by atoms with Crippen LogP contribution in [0.2, 0.25) is 0 Å². The van der Waals surface area contributed by atoms with Crippen LogP contribution in [0.5, 0.6) is 5.75 Å². The maximum absolute atomic E-state index is 12.6. The first-order valence-electron chi connectivity index (χ1n) is 11.8. The molecular formula is C28H34N4O2. The molecule has 1 aliphatic rings. The SMILES string of the molecule is COc1ccc(-c2ccccc2)cc1CN1CCC[C@](C)(c2nc(C)cc(C(=O)N(C)C)n2)C1. The molecular weight excluding hydrogens is 424 g/mol. The van der Waals surface area contributed by atoms with Crippen LogP contribution in [0.3, 0.4) is 0 Å². The molecule has 1 saturated heterocycles. The van der Waals surface area contributed by atoms with Crippen molar-refractivity contribution in [1.29, 1.82) is 0 Å². The van der Waals surface area contributed by atoms with Gasteiger partial charge in [0.05, 0.1) is 7.11 Å². The number of hydrogen-bond donors (Lipinski definition) is 0. The van der Waals surface area contributed by atoms with Gasteiger partial charge in [-0.2, -0.15) is 0 Å². The maximum Gasteiger partial charge on any atom is 0.272 e. The third-order valence-electron chi connectivity index (χ3n) is 6.58. The van der Waals surface area contributed by atoms with E-state index in [-0.39, 0.29) is 11.3 Å². The standard InChI is InChI=1S/C28H34N4O2/c1-20-16-24(26(33)31(3)4)30-27(29-20)28(2)14-9-15-32(19-28)18-23-17-22(12-13-25(23)34-5)21-10-7-6-8-11-21/h6-8,10-13,16-17H,9,14-15,18-19H2,1-5H3/t28-/m0/s1. The molecule has 0 bridgehead atoms. The van der Waals surface area contributed by atoms with Gasteiger partial charge in [-0.3, -0.25) is 9.69 Å². The molecule has 1 amide bonds. The molecule has 0 aliphatic carbocycles. The van der Waals surface area contributed by atoms with Crippen molar-refractivity contribution in [2.45, 2.75) is 38.6 Å². The van der Waals surface area contributed by atoms with Gasteiger partial charge in [0.2, 0.25) is 0 Å². The number of carbonyl (C=O) groups excluding carboxylic acids is 1. The zero-order valence-corrected chi connectivity index (χ0v) is 20.8. The summed E-state index contributed by atoms with van der Waals surface area (Å²) < 4.78 is 5.70. The molecule has 0 saturated carbocycles. The van der Waals surface area contributed by atoms with Crippen molar-refractivity contribution in [2.75, 3.05) is 34.3 Å². The number of hydrogen-bond acceptors (Lipinski definition) is 5. The van der Waals surface area contributed by atoms with Gasteiger partial charge in [0.1, 0.15) is 17.3 Å². The van der Waals surface area contributed by atoms with Gasteiger partial charge in [0, 0.05) is 43.9 Å². The number of carbonyl (C=O) groups is 1. The van der Waals surface area contributed by atoms with Gasteiger partial charge in [0.15, 0.2) is 0 Å². The second kappa shape index (κ2) is 9.94. The molecule has 6 nitrogen and oxygen atoms in total. The van der Waals surface area contributed by atoms with Gasteiger partial charge in [-0.25, -0.2) is 9.97 Å². The largest absolute Gasteiger partial charge is 0.496 e. The average molecular weight is 459 g/mol. The Morgan fingerprint density at radius 2 is 1.85 bits per heavy atom. The monoisotopic (exact) mass is 458 g/mol.